The van der Waals surface area contributed by atoms with Gasteiger partial charge in [-0.15, -0.1) is 0 Å². The van der Waals surface area contributed by atoms with Crippen LogP contribution in [0.2, 0.25) is 0 Å². The number of carboxylic acid groups (broad SMARTS) is 1. The molecule has 2 rings (SSSR count). The Balaban J connectivity index is 2.57. The molecule has 0 aliphatic heterocycles. The van der Waals surface area contributed by atoms with Crippen molar-refractivity contribution in [1.82, 2.24) is 9.97 Å². The molecule has 0 spiro atoms. The average molecular weight is 262 g/mol. The summed E-state index contributed by atoms with van der Waals surface area (Å²) >= 11 is 0. The maximum absolute atomic E-state index is 13.2. The van der Waals surface area contributed by atoms with Gasteiger partial charge in [-0.1, -0.05) is 0 Å². The van der Waals surface area contributed by atoms with Gasteiger partial charge in [-0.3, -0.25) is 0 Å². The summed E-state index contributed by atoms with van der Waals surface area (Å²) in [5.41, 5.74) is 0.782. The molecule has 2 aromatic rings. The second-order valence-electron chi connectivity index (χ2n) is 3.89. The van der Waals surface area contributed by atoms with E-state index in [1.54, 1.807) is 13.0 Å². The predicted octanol–water partition coefficient (Wildman–Crippen LogP) is 2.30. The Morgan fingerprint density at radius 1 is 1.32 bits per heavy atom. The smallest absolute Gasteiger partial charge is 0.354 e. The molecule has 0 radical (unpaired) electrons. The molecule has 0 saturated heterocycles. The summed E-state index contributed by atoms with van der Waals surface area (Å²) < 4.78 is 18.1. The lowest BCUT2D eigenvalue weighted by molar-refractivity contribution is 0.0690. The van der Waals surface area contributed by atoms with Crippen LogP contribution in [-0.2, 0) is 0 Å². The minimum absolute atomic E-state index is 0.143. The lowest BCUT2D eigenvalue weighted by atomic mass is 10.1. The van der Waals surface area contributed by atoms with Gasteiger partial charge in [0, 0.05) is 11.6 Å². The molecule has 0 fully saturated rings. The molecule has 0 aliphatic carbocycles. The number of methoxy groups -OCH3 is 1. The summed E-state index contributed by atoms with van der Waals surface area (Å²) in [5.74, 6) is -1.20. The first kappa shape index (κ1) is 12.9. The van der Waals surface area contributed by atoms with Crippen LogP contribution in [0.1, 0.15) is 16.1 Å². The Labute approximate surface area is 108 Å². The van der Waals surface area contributed by atoms with Crippen LogP contribution in [0.15, 0.2) is 24.3 Å². The molecule has 1 heterocycles. The maximum atomic E-state index is 13.2. The minimum atomic E-state index is -1.18. The van der Waals surface area contributed by atoms with E-state index in [0.717, 1.165) is 0 Å². The summed E-state index contributed by atoms with van der Waals surface area (Å²) in [6, 6.07) is 5.55. The highest BCUT2D eigenvalue weighted by Gasteiger charge is 2.12. The molecule has 0 saturated carbocycles. The van der Waals surface area contributed by atoms with E-state index in [0.29, 0.717) is 11.1 Å². The van der Waals surface area contributed by atoms with Gasteiger partial charge in [0.05, 0.1) is 7.11 Å². The Morgan fingerprint density at radius 3 is 2.63 bits per heavy atom. The summed E-state index contributed by atoms with van der Waals surface area (Å²) in [6.07, 6.45) is 0. The largest absolute Gasteiger partial charge is 0.481 e. The topological polar surface area (TPSA) is 72.3 Å². The number of aromatic nitrogens is 2. The SMILES string of the molecule is COc1cc(C(=O)O)nc(-c2ccc(F)c(C)c2)n1. The second-order valence-corrected chi connectivity index (χ2v) is 3.89. The van der Waals surface area contributed by atoms with E-state index in [1.165, 1.54) is 25.3 Å². The van der Waals surface area contributed by atoms with Gasteiger partial charge in [0.25, 0.3) is 0 Å². The third-order valence-corrected chi connectivity index (χ3v) is 2.55. The maximum Gasteiger partial charge on any atom is 0.354 e. The van der Waals surface area contributed by atoms with E-state index in [1.807, 2.05) is 0 Å². The van der Waals surface area contributed by atoms with Crippen molar-refractivity contribution in [2.75, 3.05) is 7.11 Å². The average Bonchev–Trinajstić information content (AvgIpc) is 2.41. The number of ether oxygens (including phenoxy) is 1. The van der Waals surface area contributed by atoms with Gasteiger partial charge in [0.15, 0.2) is 11.5 Å². The fourth-order valence-corrected chi connectivity index (χ4v) is 1.55. The van der Waals surface area contributed by atoms with Crippen molar-refractivity contribution in [1.29, 1.82) is 0 Å². The molecule has 1 aromatic carbocycles. The highest BCUT2D eigenvalue weighted by molar-refractivity contribution is 5.86. The minimum Gasteiger partial charge on any atom is -0.481 e. The van der Waals surface area contributed by atoms with Crippen LogP contribution in [0, 0.1) is 12.7 Å². The Bertz CT molecular complexity index is 644. The number of carbonyl (C=O) groups is 1. The number of aryl methyl sites for hydroxylation is 1. The van der Waals surface area contributed by atoms with Crippen LogP contribution in [0.4, 0.5) is 4.39 Å². The standard InChI is InChI=1S/C13H11FN2O3/c1-7-5-8(3-4-9(7)14)12-15-10(13(17)18)6-11(16-12)19-2/h3-6H,1-2H3,(H,17,18). The molecular weight excluding hydrogens is 251 g/mol. The zero-order valence-corrected chi connectivity index (χ0v) is 10.3. The van der Waals surface area contributed by atoms with Crippen molar-refractivity contribution < 1.29 is 19.0 Å². The molecule has 0 aliphatic rings. The van der Waals surface area contributed by atoms with Crippen LogP contribution < -0.4 is 4.74 Å². The lowest BCUT2D eigenvalue weighted by Crippen LogP contribution is -2.04. The Kier molecular flexibility index (Phi) is 3.41. The molecule has 1 N–H and O–H groups in total. The summed E-state index contributed by atoms with van der Waals surface area (Å²) in [6.45, 7) is 1.61. The van der Waals surface area contributed by atoms with Crippen molar-refractivity contribution in [3.8, 4) is 17.3 Å². The number of benzene rings is 1. The fourth-order valence-electron chi connectivity index (χ4n) is 1.55. The van der Waals surface area contributed by atoms with Gasteiger partial charge in [-0.05, 0) is 30.7 Å². The number of nitrogens with zero attached hydrogens (tertiary/aromatic N) is 2. The van der Waals surface area contributed by atoms with Crippen LogP contribution in [-0.4, -0.2) is 28.2 Å². The van der Waals surface area contributed by atoms with Crippen LogP contribution in [0.3, 0.4) is 0 Å². The van der Waals surface area contributed by atoms with E-state index in [-0.39, 0.29) is 23.2 Å². The van der Waals surface area contributed by atoms with Crippen molar-refractivity contribution in [2.24, 2.45) is 0 Å². The van der Waals surface area contributed by atoms with Crippen LogP contribution in [0.25, 0.3) is 11.4 Å². The number of hydrogen-bond acceptors (Lipinski definition) is 4. The Morgan fingerprint density at radius 2 is 2.05 bits per heavy atom. The first-order chi connectivity index (χ1) is 9.01. The van der Waals surface area contributed by atoms with Crippen molar-refractivity contribution in [3.63, 3.8) is 0 Å². The molecule has 0 bridgehead atoms. The molecule has 98 valence electrons. The molecule has 0 unspecified atom stereocenters. The van der Waals surface area contributed by atoms with Crippen LogP contribution >= 0.6 is 0 Å². The highest BCUT2D eigenvalue weighted by Crippen LogP contribution is 2.21. The molecule has 0 atom stereocenters. The van der Waals surface area contributed by atoms with E-state index in [9.17, 15) is 9.18 Å². The normalized spacial score (nSPS) is 10.3. The molecule has 6 heteroatoms. The van der Waals surface area contributed by atoms with Gasteiger partial charge < -0.3 is 9.84 Å². The molecule has 19 heavy (non-hydrogen) atoms. The zero-order chi connectivity index (χ0) is 14.0. The van der Waals surface area contributed by atoms with E-state index < -0.39 is 5.97 Å². The van der Waals surface area contributed by atoms with Crippen molar-refractivity contribution in [3.05, 3.63) is 41.3 Å². The number of hydrogen-bond donors (Lipinski definition) is 1. The van der Waals surface area contributed by atoms with Crippen molar-refractivity contribution in [2.45, 2.75) is 6.92 Å². The molecular formula is C13H11FN2O3. The number of aromatic carboxylic acids is 1. The lowest BCUT2D eigenvalue weighted by Gasteiger charge is -2.06. The molecule has 5 nitrogen and oxygen atoms in total. The van der Waals surface area contributed by atoms with Gasteiger partial charge >= 0.3 is 5.97 Å². The van der Waals surface area contributed by atoms with E-state index in [2.05, 4.69) is 9.97 Å². The Hall–Kier alpha value is -2.50. The van der Waals surface area contributed by atoms with Gasteiger partial charge in [0.2, 0.25) is 5.88 Å². The van der Waals surface area contributed by atoms with E-state index >= 15 is 0 Å². The molecule has 1 aromatic heterocycles. The number of carboxylic acids is 1. The van der Waals surface area contributed by atoms with Crippen LogP contribution in [0.5, 0.6) is 5.88 Å². The van der Waals surface area contributed by atoms with Gasteiger partial charge in [-0.25, -0.2) is 14.2 Å². The molecule has 0 amide bonds. The van der Waals surface area contributed by atoms with Gasteiger partial charge in [0.1, 0.15) is 5.82 Å². The summed E-state index contributed by atoms with van der Waals surface area (Å²) in [4.78, 5) is 18.9. The predicted molar refractivity (Wildman–Crippen MR) is 65.7 cm³/mol. The third-order valence-electron chi connectivity index (χ3n) is 2.55. The summed E-state index contributed by atoms with van der Waals surface area (Å²) in [7, 11) is 1.38. The number of halogens is 1. The second kappa shape index (κ2) is 5.01. The quantitative estimate of drug-likeness (QED) is 0.918. The third kappa shape index (κ3) is 2.67. The number of rotatable bonds is 3. The first-order valence-corrected chi connectivity index (χ1v) is 5.44. The highest BCUT2D eigenvalue weighted by atomic mass is 19.1. The first-order valence-electron chi connectivity index (χ1n) is 5.44. The summed E-state index contributed by atoms with van der Waals surface area (Å²) in [5, 5.41) is 8.97. The fraction of sp³-hybridized carbons (Fsp3) is 0.154. The zero-order valence-electron chi connectivity index (χ0n) is 10.3. The van der Waals surface area contributed by atoms with Crippen molar-refractivity contribution >= 4 is 5.97 Å². The monoisotopic (exact) mass is 262 g/mol. The van der Waals surface area contributed by atoms with Gasteiger partial charge in [-0.2, -0.15) is 4.98 Å². The van der Waals surface area contributed by atoms with E-state index in [4.69, 9.17) is 9.84 Å².